The number of amides is 1. The van der Waals surface area contributed by atoms with Crippen molar-refractivity contribution in [2.24, 2.45) is 22.7 Å². The molecule has 33 heavy (non-hydrogen) atoms. The van der Waals surface area contributed by atoms with Gasteiger partial charge >= 0.3 is 0 Å². The average Bonchev–Trinajstić information content (AvgIpc) is 2.80. The second-order valence-electron chi connectivity index (χ2n) is 12.0. The van der Waals surface area contributed by atoms with Crippen molar-refractivity contribution < 1.29 is 4.79 Å². The molecule has 4 rings (SSSR count). The summed E-state index contributed by atoms with van der Waals surface area (Å²) < 4.78 is 0. The van der Waals surface area contributed by atoms with Crippen LogP contribution in [-0.2, 0) is 4.79 Å². The number of hydrogen-bond donors (Lipinski definition) is 1. The van der Waals surface area contributed by atoms with Crippen molar-refractivity contribution in [2.75, 3.05) is 18.0 Å². The largest absolute Gasteiger partial charge is 0.356 e. The number of carbonyl (C=O) groups is 1. The highest BCUT2D eigenvalue weighted by atomic mass is 16.2. The lowest BCUT2D eigenvalue weighted by Gasteiger charge is -2.51. The normalized spacial score (nSPS) is 30.9. The Kier molecular flexibility index (Phi) is 7.35. The molecule has 1 amide bonds. The number of hydrogen-bond acceptors (Lipinski definition) is 4. The Balaban J connectivity index is 1.42. The molecule has 1 spiro atoms. The summed E-state index contributed by atoms with van der Waals surface area (Å²) in [4.78, 5) is 25.1. The number of aryl methyl sites for hydroxylation is 2. The van der Waals surface area contributed by atoms with E-state index in [0.717, 1.165) is 55.6 Å². The molecule has 1 aromatic heterocycles. The van der Waals surface area contributed by atoms with Gasteiger partial charge in [0.2, 0.25) is 5.91 Å². The van der Waals surface area contributed by atoms with Gasteiger partial charge in [0.25, 0.3) is 0 Å². The van der Waals surface area contributed by atoms with Gasteiger partial charge in [-0.25, -0.2) is 9.97 Å². The Bertz CT molecular complexity index is 805. The molecule has 0 radical (unpaired) electrons. The minimum atomic E-state index is 0.181. The number of nitrogens with one attached hydrogen (secondary N) is 1. The summed E-state index contributed by atoms with van der Waals surface area (Å²) in [5.74, 6) is 3.21. The van der Waals surface area contributed by atoms with E-state index in [9.17, 15) is 4.79 Å². The Hall–Kier alpha value is -1.65. The van der Waals surface area contributed by atoms with Gasteiger partial charge in [-0.1, -0.05) is 40.0 Å². The summed E-state index contributed by atoms with van der Waals surface area (Å²) in [5, 5.41) is 3.61. The zero-order chi connectivity index (χ0) is 23.6. The molecule has 2 aliphatic carbocycles. The number of rotatable bonds is 5. The van der Waals surface area contributed by atoms with Crippen LogP contribution in [-0.4, -0.2) is 35.0 Å². The van der Waals surface area contributed by atoms with Crippen LogP contribution in [0.2, 0.25) is 0 Å². The molecule has 1 saturated heterocycles. The van der Waals surface area contributed by atoms with Crippen LogP contribution in [0.3, 0.4) is 0 Å². The van der Waals surface area contributed by atoms with Gasteiger partial charge in [0, 0.05) is 42.2 Å². The van der Waals surface area contributed by atoms with E-state index in [1.165, 1.54) is 51.4 Å². The van der Waals surface area contributed by atoms with Crippen molar-refractivity contribution in [2.45, 2.75) is 111 Å². The third-order valence-corrected chi connectivity index (χ3v) is 9.47. The third kappa shape index (κ3) is 5.38. The molecule has 3 aliphatic rings. The Morgan fingerprint density at radius 2 is 1.82 bits per heavy atom. The summed E-state index contributed by atoms with van der Waals surface area (Å²) in [6.45, 7) is 13.2. The highest BCUT2D eigenvalue weighted by Crippen LogP contribution is 2.45. The van der Waals surface area contributed by atoms with Crippen molar-refractivity contribution in [1.82, 2.24) is 15.3 Å². The van der Waals surface area contributed by atoms with Gasteiger partial charge in [0.05, 0.1) is 0 Å². The summed E-state index contributed by atoms with van der Waals surface area (Å²) in [7, 11) is 0. The topological polar surface area (TPSA) is 58.1 Å². The van der Waals surface area contributed by atoms with Crippen LogP contribution in [0.1, 0.15) is 103 Å². The SMILES string of the molecule is CCC(C)(C)C1CCC(C(=O)NC2CCCCC23CCCN(c2cc(C)nc(C)n2)C3)CC1. The van der Waals surface area contributed by atoms with Gasteiger partial charge < -0.3 is 10.2 Å². The van der Waals surface area contributed by atoms with Crippen molar-refractivity contribution in [3.63, 3.8) is 0 Å². The lowest BCUT2D eigenvalue weighted by atomic mass is 9.65. The van der Waals surface area contributed by atoms with Gasteiger partial charge in [0.15, 0.2) is 0 Å². The van der Waals surface area contributed by atoms with Crippen LogP contribution < -0.4 is 10.2 Å². The monoisotopic (exact) mass is 454 g/mol. The second kappa shape index (κ2) is 9.92. The van der Waals surface area contributed by atoms with Crippen LogP contribution in [0.15, 0.2) is 6.07 Å². The van der Waals surface area contributed by atoms with E-state index in [4.69, 9.17) is 4.98 Å². The summed E-state index contributed by atoms with van der Waals surface area (Å²) >= 11 is 0. The molecule has 2 atom stereocenters. The maximum Gasteiger partial charge on any atom is 0.223 e. The molecule has 1 N–H and O–H groups in total. The molecule has 2 unspecified atom stereocenters. The third-order valence-electron chi connectivity index (χ3n) is 9.47. The smallest absolute Gasteiger partial charge is 0.223 e. The molecule has 1 aliphatic heterocycles. The van der Waals surface area contributed by atoms with Crippen LogP contribution >= 0.6 is 0 Å². The lowest BCUT2D eigenvalue weighted by Crippen LogP contribution is -2.58. The zero-order valence-electron chi connectivity index (χ0n) is 21.8. The fourth-order valence-corrected chi connectivity index (χ4v) is 6.95. The molecule has 3 fully saturated rings. The first-order chi connectivity index (χ1) is 15.7. The van der Waals surface area contributed by atoms with Crippen molar-refractivity contribution in [3.05, 3.63) is 17.6 Å². The minimum Gasteiger partial charge on any atom is -0.356 e. The van der Waals surface area contributed by atoms with E-state index in [1.807, 2.05) is 6.92 Å². The fourth-order valence-electron chi connectivity index (χ4n) is 6.95. The fraction of sp³-hybridized carbons (Fsp3) is 0.821. The van der Waals surface area contributed by atoms with Gasteiger partial charge in [-0.15, -0.1) is 0 Å². The zero-order valence-corrected chi connectivity index (χ0v) is 21.8. The first kappa shape index (κ1) is 24.5. The van der Waals surface area contributed by atoms with Gasteiger partial charge in [0.1, 0.15) is 11.6 Å². The summed E-state index contributed by atoms with van der Waals surface area (Å²) in [6, 6.07) is 2.42. The maximum absolute atomic E-state index is 13.4. The van der Waals surface area contributed by atoms with Crippen LogP contribution in [0.5, 0.6) is 0 Å². The quantitative estimate of drug-likeness (QED) is 0.594. The molecule has 184 valence electrons. The molecule has 1 aromatic rings. The van der Waals surface area contributed by atoms with E-state index in [1.54, 1.807) is 0 Å². The standard InChI is InChI=1S/C28H46N4O/c1-6-27(4,5)23-13-11-22(12-14-23)26(33)31-24-10-7-8-15-28(24)16-9-17-32(19-28)25-18-20(2)29-21(3)30-25/h18,22-24H,6-17,19H2,1-5H3,(H,31,33). The first-order valence-electron chi connectivity index (χ1n) is 13.6. The molecule has 0 aromatic carbocycles. The predicted molar refractivity (Wildman–Crippen MR) is 135 cm³/mol. The molecule has 2 heterocycles. The average molecular weight is 455 g/mol. The Labute approximate surface area is 201 Å². The van der Waals surface area contributed by atoms with E-state index >= 15 is 0 Å². The highest BCUT2D eigenvalue weighted by molar-refractivity contribution is 5.79. The number of carbonyl (C=O) groups excluding carboxylic acids is 1. The van der Waals surface area contributed by atoms with Crippen molar-refractivity contribution in [1.29, 1.82) is 0 Å². The number of nitrogens with zero attached hydrogens (tertiary/aromatic N) is 3. The van der Waals surface area contributed by atoms with E-state index in [0.29, 0.717) is 17.4 Å². The molecular weight excluding hydrogens is 408 g/mol. The van der Waals surface area contributed by atoms with Crippen LogP contribution in [0, 0.1) is 36.5 Å². The number of aromatic nitrogens is 2. The highest BCUT2D eigenvalue weighted by Gasteiger charge is 2.45. The van der Waals surface area contributed by atoms with E-state index in [-0.39, 0.29) is 11.3 Å². The van der Waals surface area contributed by atoms with Gasteiger partial charge in [-0.3, -0.25) is 4.79 Å². The Morgan fingerprint density at radius 3 is 2.52 bits per heavy atom. The van der Waals surface area contributed by atoms with Crippen molar-refractivity contribution in [3.8, 4) is 0 Å². The number of piperidine rings is 1. The Morgan fingerprint density at radius 1 is 1.09 bits per heavy atom. The lowest BCUT2D eigenvalue weighted by molar-refractivity contribution is -0.129. The molecule has 5 heteroatoms. The predicted octanol–water partition coefficient (Wildman–Crippen LogP) is 5.98. The second-order valence-corrected chi connectivity index (χ2v) is 12.0. The van der Waals surface area contributed by atoms with Gasteiger partial charge in [-0.05, 0) is 76.5 Å². The van der Waals surface area contributed by atoms with Crippen LogP contribution in [0.25, 0.3) is 0 Å². The molecule has 0 bridgehead atoms. The van der Waals surface area contributed by atoms with E-state index < -0.39 is 0 Å². The van der Waals surface area contributed by atoms with Crippen molar-refractivity contribution >= 4 is 11.7 Å². The molecular formula is C28H46N4O. The summed E-state index contributed by atoms with van der Waals surface area (Å²) in [5.41, 5.74) is 1.62. The molecule has 2 saturated carbocycles. The maximum atomic E-state index is 13.4. The van der Waals surface area contributed by atoms with E-state index in [2.05, 4.69) is 49.0 Å². The van der Waals surface area contributed by atoms with Crippen LogP contribution in [0.4, 0.5) is 5.82 Å². The molecule has 5 nitrogen and oxygen atoms in total. The minimum absolute atomic E-state index is 0.181. The van der Waals surface area contributed by atoms with Gasteiger partial charge in [-0.2, -0.15) is 0 Å². The summed E-state index contributed by atoms with van der Waals surface area (Å²) in [6.07, 6.45) is 13.0. The first-order valence-corrected chi connectivity index (χ1v) is 13.6. The number of anilines is 1.